The van der Waals surface area contributed by atoms with Gasteiger partial charge in [0.25, 0.3) is 5.91 Å². The van der Waals surface area contributed by atoms with Crippen LogP contribution in [0.15, 0.2) is 23.6 Å². The number of carbonyl (C=O) groups excluding carboxylic acids is 1. The summed E-state index contributed by atoms with van der Waals surface area (Å²) >= 11 is 13.1. The van der Waals surface area contributed by atoms with Crippen LogP contribution < -0.4 is 5.32 Å². The van der Waals surface area contributed by atoms with E-state index in [-0.39, 0.29) is 16.5 Å². The van der Waals surface area contributed by atoms with Gasteiger partial charge < -0.3 is 10.4 Å². The Kier molecular flexibility index (Phi) is 4.32. The Bertz CT molecular complexity index is 697. The second-order valence-electron chi connectivity index (χ2n) is 4.02. The van der Waals surface area contributed by atoms with Crippen molar-refractivity contribution in [3.05, 3.63) is 49.6 Å². The summed E-state index contributed by atoms with van der Waals surface area (Å²) in [6.45, 7) is 1.81. The van der Waals surface area contributed by atoms with Crippen LogP contribution in [0.2, 0.25) is 10.0 Å². The van der Waals surface area contributed by atoms with Gasteiger partial charge in [0.2, 0.25) is 0 Å². The number of aryl methyl sites for hydroxylation is 1. The molecule has 0 spiro atoms. The standard InChI is InChI=1S/C13H9Cl2NO3S/c1-6-5-20-11(10(6)15)12(17)16-7-2-3-8(13(18)19)9(14)4-7/h2-5H,1H3,(H,16,17)(H,18,19). The lowest BCUT2D eigenvalue weighted by atomic mass is 10.2. The van der Waals surface area contributed by atoms with Gasteiger partial charge in [-0.25, -0.2) is 4.79 Å². The Balaban J connectivity index is 2.22. The molecule has 1 aromatic carbocycles. The number of benzene rings is 1. The predicted molar refractivity (Wildman–Crippen MR) is 80.4 cm³/mol. The number of aromatic carboxylic acids is 1. The highest BCUT2D eigenvalue weighted by Crippen LogP contribution is 2.28. The Hall–Kier alpha value is -1.56. The van der Waals surface area contributed by atoms with E-state index < -0.39 is 5.97 Å². The number of carboxylic acids is 1. The summed E-state index contributed by atoms with van der Waals surface area (Å²) in [4.78, 5) is 23.3. The van der Waals surface area contributed by atoms with E-state index in [0.717, 1.165) is 5.56 Å². The maximum atomic E-state index is 12.0. The molecule has 0 saturated heterocycles. The fraction of sp³-hybridized carbons (Fsp3) is 0.0769. The van der Waals surface area contributed by atoms with Gasteiger partial charge in [0, 0.05) is 5.69 Å². The second kappa shape index (κ2) is 5.83. The van der Waals surface area contributed by atoms with Gasteiger partial charge in [-0.3, -0.25) is 4.79 Å². The largest absolute Gasteiger partial charge is 0.478 e. The number of carbonyl (C=O) groups is 2. The van der Waals surface area contributed by atoms with Crippen molar-refractivity contribution in [1.29, 1.82) is 0 Å². The Labute approximate surface area is 128 Å². The van der Waals surface area contributed by atoms with Crippen molar-refractivity contribution in [1.82, 2.24) is 0 Å². The van der Waals surface area contributed by atoms with E-state index in [1.54, 1.807) is 5.38 Å². The molecule has 0 aliphatic rings. The quantitative estimate of drug-likeness (QED) is 0.881. The third-order valence-corrected chi connectivity index (χ3v) is 4.57. The first-order valence-electron chi connectivity index (χ1n) is 5.48. The van der Waals surface area contributed by atoms with Crippen LogP contribution in [0.25, 0.3) is 0 Å². The fourth-order valence-corrected chi connectivity index (χ4v) is 2.97. The maximum absolute atomic E-state index is 12.0. The van der Waals surface area contributed by atoms with Crippen molar-refractivity contribution >= 4 is 52.1 Å². The number of halogens is 2. The highest BCUT2D eigenvalue weighted by molar-refractivity contribution is 7.13. The highest BCUT2D eigenvalue weighted by atomic mass is 35.5. The lowest BCUT2D eigenvalue weighted by molar-refractivity contribution is 0.0697. The minimum Gasteiger partial charge on any atom is -0.478 e. The molecule has 0 aliphatic heterocycles. The lowest BCUT2D eigenvalue weighted by Gasteiger charge is -2.06. The van der Waals surface area contributed by atoms with E-state index in [2.05, 4.69) is 5.32 Å². The van der Waals surface area contributed by atoms with E-state index >= 15 is 0 Å². The van der Waals surface area contributed by atoms with Gasteiger partial charge in [-0.1, -0.05) is 23.2 Å². The van der Waals surface area contributed by atoms with Crippen molar-refractivity contribution in [2.45, 2.75) is 6.92 Å². The van der Waals surface area contributed by atoms with Gasteiger partial charge in [0.05, 0.1) is 15.6 Å². The van der Waals surface area contributed by atoms with E-state index in [1.807, 2.05) is 6.92 Å². The average molecular weight is 330 g/mol. The molecule has 2 rings (SSSR count). The monoisotopic (exact) mass is 329 g/mol. The topological polar surface area (TPSA) is 66.4 Å². The van der Waals surface area contributed by atoms with Gasteiger partial charge in [-0.05, 0) is 36.1 Å². The van der Waals surface area contributed by atoms with Crippen LogP contribution in [-0.4, -0.2) is 17.0 Å². The third-order valence-electron chi connectivity index (χ3n) is 2.56. The number of hydrogen-bond donors (Lipinski definition) is 2. The first-order valence-corrected chi connectivity index (χ1v) is 7.11. The van der Waals surface area contributed by atoms with Crippen LogP contribution in [0.4, 0.5) is 5.69 Å². The number of hydrogen-bond acceptors (Lipinski definition) is 3. The fourth-order valence-electron chi connectivity index (χ4n) is 1.54. The summed E-state index contributed by atoms with van der Waals surface area (Å²) in [5, 5.41) is 13.8. The van der Waals surface area contributed by atoms with E-state index in [4.69, 9.17) is 28.3 Å². The summed E-state index contributed by atoms with van der Waals surface area (Å²) in [6, 6.07) is 4.19. The molecule has 0 atom stereocenters. The van der Waals surface area contributed by atoms with Gasteiger partial charge in [0.1, 0.15) is 4.88 Å². The molecule has 4 nitrogen and oxygen atoms in total. The zero-order valence-electron chi connectivity index (χ0n) is 10.2. The lowest BCUT2D eigenvalue weighted by Crippen LogP contribution is -2.11. The molecule has 20 heavy (non-hydrogen) atoms. The normalized spacial score (nSPS) is 10.3. The third kappa shape index (κ3) is 2.95. The van der Waals surface area contributed by atoms with Gasteiger partial charge in [-0.15, -0.1) is 11.3 Å². The summed E-state index contributed by atoms with van der Waals surface area (Å²) < 4.78 is 0. The predicted octanol–water partition coefficient (Wildman–Crippen LogP) is 4.31. The molecule has 1 aromatic heterocycles. The molecule has 0 bridgehead atoms. The number of rotatable bonds is 3. The zero-order valence-corrected chi connectivity index (χ0v) is 12.6. The van der Waals surface area contributed by atoms with Crippen LogP contribution in [0.3, 0.4) is 0 Å². The molecule has 0 unspecified atom stereocenters. The van der Waals surface area contributed by atoms with Crippen molar-refractivity contribution in [2.75, 3.05) is 5.32 Å². The molecular weight excluding hydrogens is 321 g/mol. The summed E-state index contributed by atoms with van der Waals surface area (Å²) in [5.41, 5.74) is 1.22. The molecule has 0 aliphatic carbocycles. The van der Waals surface area contributed by atoms with Crippen molar-refractivity contribution in [3.8, 4) is 0 Å². The number of nitrogens with one attached hydrogen (secondary N) is 1. The van der Waals surface area contributed by atoms with Crippen molar-refractivity contribution < 1.29 is 14.7 Å². The molecular formula is C13H9Cl2NO3S. The molecule has 7 heteroatoms. The maximum Gasteiger partial charge on any atom is 0.337 e. The first kappa shape index (κ1) is 14.8. The minimum atomic E-state index is -1.12. The van der Waals surface area contributed by atoms with Crippen LogP contribution in [0.5, 0.6) is 0 Å². The Morgan fingerprint density at radius 1 is 1.30 bits per heavy atom. The number of anilines is 1. The average Bonchev–Trinajstić information content (AvgIpc) is 2.69. The molecule has 2 aromatic rings. The summed E-state index contributed by atoms with van der Waals surface area (Å²) in [7, 11) is 0. The number of thiophene rings is 1. The first-order chi connectivity index (χ1) is 9.40. The minimum absolute atomic E-state index is 0.0188. The van der Waals surface area contributed by atoms with Crippen molar-refractivity contribution in [3.63, 3.8) is 0 Å². The molecule has 1 heterocycles. The highest BCUT2D eigenvalue weighted by Gasteiger charge is 2.16. The SMILES string of the molecule is Cc1csc(C(=O)Nc2ccc(C(=O)O)c(Cl)c2)c1Cl. The van der Waals surface area contributed by atoms with E-state index in [0.29, 0.717) is 15.6 Å². The molecule has 1 amide bonds. The molecule has 0 fully saturated rings. The molecule has 0 radical (unpaired) electrons. The molecule has 104 valence electrons. The smallest absolute Gasteiger partial charge is 0.337 e. The number of amides is 1. The van der Waals surface area contributed by atoms with Crippen LogP contribution >= 0.6 is 34.5 Å². The van der Waals surface area contributed by atoms with Gasteiger partial charge in [0.15, 0.2) is 0 Å². The van der Waals surface area contributed by atoms with E-state index in [1.165, 1.54) is 29.5 Å². The van der Waals surface area contributed by atoms with Crippen molar-refractivity contribution in [2.24, 2.45) is 0 Å². The number of carboxylic acid groups (broad SMARTS) is 1. The Morgan fingerprint density at radius 2 is 2.00 bits per heavy atom. The van der Waals surface area contributed by atoms with Gasteiger partial charge >= 0.3 is 5.97 Å². The Morgan fingerprint density at radius 3 is 2.50 bits per heavy atom. The summed E-state index contributed by atoms with van der Waals surface area (Å²) in [6.07, 6.45) is 0. The molecule has 2 N–H and O–H groups in total. The summed E-state index contributed by atoms with van der Waals surface area (Å²) in [5.74, 6) is -1.47. The molecule has 0 saturated carbocycles. The zero-order chi connectivity index (χ0) is 14.9. The van der Waals surface area contributed by atoms with Gasteiger partial charge in [-0.2, -0.15) is 0 Å². The van der Waals surface area contributed by atoms with Crippen LogP contribution in [-0.2, 0) is 0 Å². The second-order valence-corrected chi connectivity index (χ2v) is 5.68. The van der Waals surface area contributed by atoms with Crippen LogP contribution in [0.1, 0.15) is 25.6 Å². The van der Waals surface area contributed by atoms with Crippen LogP contribution in [0, 0.1) is 6.92 Å². The van der Waals surface area contributed by atoms with E-state index in [9.17, 15) is 9.59 Å².